The monoisotopic (exact) mass is 490 g/mol. The Morgan fingerprint density at radius 1 is 0.528 bits per heavy atom. The van der Waals surface area contributed by atoms with E-state index < -0.39 is 26.4 Å². The van der Waals surface area contributed by atoms with Gasteiger partial charge in [0.2, 0.25) is 0 Å². The molecule has 4 aromatic carbocycles. The molecule has 178 valence electrons. The summed E-state index contributed by atoms with van der Waals surface area (Å²) >= 11 is 0. The number of benzene rings is 4. The van der Waals surface area contributed by atoms with E-state index in [4.69, 9.17) is 18.8 Å². The van der Waals surface area contributed by atoms with Crippen LogP contribution in [-0.2, 0) is 9.31 Å². The van der Waals surface area contributed by atoms with E-state index in [2.05, 4.69) is 100 Å². The molecule has 0 atom stereocenters. The quantitative estimate of drug-likeness (QED) is 0.331. The Morgan fingerprint density at radius 3 is 1.42 bits per heavy atom. The zero-order chi connectivity index (χ0) is 24.7. The smallest absolute Gasteiger partial charge is 0.458 e. The number of ether oxygens (including phenoxy) is 2. The van der Waals surface area contributed by atoms with Gasteiger partial charge in [-0.25, -0.2) is 0 Å². The summed E-state index contributed by atoms with van der Waals surface area (Å²) in [5, 5.41) is 4.88. The predicted octanol–water partition coefficient (Wildman–Crippen LogP) is 3.57. The zero-order valence-electron chi connectivity index (χ0n) is 20.9. The number of hydrogen-bond acceptors (Lipinski definition) is 4. The summed E-state index contributed by atoms with van der Waals surface area (Å²) in [5.74, 6) is 3.61. The fourth-order valence-electron chi connectivity index (χ4n) is 5.76. The van der Waals surface area contributed by atoms with Crippen molar-refractivity contribution >= 4 is 41.4 Å². The molecule has 0 radical (unpaired) electrons. The second-order valence-electron chi connectivity index (χ2n) is 10.8. The molecule has 4 aromatic rings. The van der Waals surface area contributed by atoms with Gasteiger partial charge in [-0.2, -0.15) is 0 Å². The average molecular weight is 490 g/mol. The summed E-state index contributed by atoms with van der Waals surface area (Å²) in [6, 6.07) is 31.8. The third-order valence-corrected chi connectivity index (χ3v) is 13.1. The van der Waals surface area contributed by atoms with E-state index in [0.717, 1.165) is 28.5 Å². The van der Waals surface area contributed by atoms with Crippen molar-refractivity contribution in [2.45, 2.75) is 38.9 Å². The summed E-state index contributed by atoms with van der Waals surface area (Å²) in [5.41, 5.74) is 0.177. The van der Waals surface area contributed by atoms with Crippen LogP contribution in [0, 0.1) is 0 Å². The van der Waals surface area contributed by atoms with Crippen LogP contribution in [0.1, 0.15) is 27.7 Å². The third kappa shape index (κ3) is 2.83. The van der Waals surface area contributed by atoms with Gasteiger partial charge in [-0.05, 0) is 78.2 Å². The van der Waals surface area contributed by atoms with Gasteiger partial charge in [0.25, 0.3) is 0 Å². The van der Waals surface area contributed by atoms with Gasteiger partial charge >= 0.3 is 7.12 Å². The van der Waals surface area contributed by atoms with Crippen LogP contribution in [0.4, 0.5) is 0 Å². The van der Waals surface area contributed by atoms with E-state index in [0.29, 0.717) is 0 Å². The highest BCUT2D eigenvalue weighted by molar-refractivity contribution is 7.21. The number of fused-ring (bicyclic) bond motifs is 8. The first-order valence-electron chi connectivity index (χ1n) is 12.5. The molecule has 0 saturated carbocycles. The first-order chi connectivity index (χ1) is 17.3. The first-order valence-corrected chi connectivity index (χ1v) is 14.5. The molecule has 6 heteroatoms. The number of para-hydroxylation sites is 3. The van der Waals surface area contributed by atoms with Crippen LogP contribution in [0.15, 0.2) is 91.0 Å². The van der Waals surface area contributed by atoms with Crippen LogP contribution in [-0.4, -0.2) is 26.4 Å². The summed E-state index contributed by atoms with van der Waals surface area (Å²) < 4.78 is 25.9. The van der Waals surface area contributed by atoms with Gasteiger partial charge in [0.05, 0.1) is 11.2 Å². The molecule has 0 amide bonds. The lowest BCUT2D eigenvalue weighted by Crippen LogP contribution is -2.77. The minimum atomic E-state index is -2.77. The second kappa shape index (κ2) is 7.35. The maximum Gasteiger partial charge on any atom is 0.494 e. The van der Waals surface area contributed by atoms with E-state index in [1.54, 1.807) is 0 Å². The van der Waals surface area contributed by atoms with Crippen molar-refractivity contribution < 1.29 is 18.8 Å². The van der Waals surface area contributed by atoms with Crippen molar-refractivity contribution in [2.75, 3.05) is 0 Å². The molecule has 0 bridgehead atoms. The Morgan fingerprint density at radius 2 is 0.944 bits per heavy atom. The summed E-state index contributed by atoms with van der Waals surface area (Å²) in [7, 11) is -3.22. The molecule has 3 aliphatic rings. The molecule has 0 aromatic heterocycles. The average Bonchev–Trinajstić information content (AvgIpc) is 3.10. The van der Waals surface area contributed by atoms with Crippen LogP contribution in [0.5, 0.6) is 23.0 Å². The molecule has 0 aliphatic carbocycles. The van der Waals surface area contributed by atoms with Gasteiger partial charge in [-0.15, -0.1) is 0 Å². The van der Waals surface area contributed by atoms with Crippen molar-refractivity contribution in [3.8, 4) is 23.0 Å². The SMILES string of the molecule is CC1(C)OB(c2ccc3c(c2)[Si]2(c4ccccc4Oc4ccccc42)c2ccccc2O3)OC1(C)C. The summed E-state index contributed by atoms with van der Waals surface area (Å²) in [6.07, 6.45) is 0. The minimum absolute atomic E-state index is 0.413. The lowest BCUT2D eigenvalue weighted by atomic mass is 9.79. The van der Waals surface area contributed by atoms with Crippen molar-refractivity contribution in [3.05, 3.63) is 91.0 Å². The molecule has 1 spiro atoms. The highest BCUT2D eigenvalue weighted by atomic mass is 28.3. The van der Waals surface area contributed by atoms with Gasteiger partial charge in [0.1, 0.15) is 23.0 Å². The molecule has 3 heterocycles. The first kappa shape index (κ1) is 21.9. The Balaban J connectivity index is 1.54. The van der Waals surface area contributed by atoms with E-state index in [9.17, 15) is 0 Å². The highest BCUT2D eigenvalue weighted by Gasteiger charge is 2.55. The van der Waals surface area contributed by atoms with E-state index in [1.807, 2.05) is 18.2 Å². The molecule has 0 unspecified atom stereocenters. The standard InChI is InChI=1S/C30H27BO4Si/c1-29(2)30(3,4)35-31(34-29)20-17-18-24-28(19-20)36(27-16-10-7-13-23(27)33-24)25-14-8-5-11-21(25)32-22-12-6-9-15-26(22)36/h5-19H,1-4H3. The van der Waals surface area contributed by atoms with Gasteiger partial charge in [0.15, 0.2) is 8.07 Å². The van der Waals surface area contributed by atoms with E-state index in [-0.39, 0.29) is 0 Å². The lowest BCUT2D eigenvalue weighted by Gasteiger charge is -2.43. The second-order valence-corrected chi connectivity index (χ2v) is 14.4. The van der Waals surface area contributed by atoms with Crippen LogP contribution >= 0.6 is 0 Å². The Bertz CT molecular complexity index is 1410. The van der Waals surface area contributed by atoms with Crippen LogP contribution in [0.3, 0.4) is 0 Å². The Kier molecular flexibility index (Phi) is 4.48. The van der Waals surface area contributed by atoms with Crippen LogP contribution in [0.25, 0.3) is 0 Å². The molecular weight excluding hydrogens is 463 g/mol. The zero-order valence-corrected chi connectivity index (χ0v) is 21.9. The fourth-order valence-corrected chi connectivity index (χ4v) is 10.9. The van der Waals surface area contributed by atoms with Crippen molar-refractivity contribution in [2.24, 2.45) is 0 Å². The van der Waals surface area contributed by atoms with Crippen molar-refractivity contribution in [3.63, 3.8) is 0 Å². The molecule has 4 nitrogen and oxygen atoms in total. The van der Waals surface area contributed by atoms with Crippen LogP contribution < -0.4 is 35.7 Å². The van der Waals surface area contributed by atoms with E-state index in [1.165, 1.54) is 20.7 Å². The minimum Gasteiger partial charge on any atom is -0.458 e. The topological polar surface area (TPSA) is 36.9 Å². The molecule has 36 heavy (non-hydrogen) atoms. The Labute approximate surface area is 213 Å². The number of rotatable bonds is 1. The third-order valence-electron chi connectivity index (χ3n) is 8.25. The lowest BCUT2D eigenvalue weighted by molar-refractivity contribution is 0.00578. The van der Waals surface area contributed by atoms with Gasteiger partial charge in [0, 0.05) is 0 Å². The fraction of sp³-hybridized carbons (Fsp3) is 0.200. The molecule has 1 fully saturated rings. The van der Waals surface area contributed by atoms with E-state index >= 15 is 0 Å². The summed E-state index contributed by atoms with van der Waals surface area (Å²) in [6.45, 7) is 8.36. The predicted molar refractivity (Wildman–Crippen MR) is 146 cm³/mol. The summed E-state index contributed by atoms with van der Waals surface area (Å²) in [4.78, 5) is 0. The normalized spacial score (nSPS) is 19.4. The van der Waals surface area contributed by atoms with Gasteiger partial charge < -0.3 is 18.8 Å². The molecule has 0 N–H and O–H groups in total. The Hall–Kier alpha value is -3.32. The molecular formula is C30H27BO4Si. The maximum atomic E-state index is 6.55. The molecule has 7 rings (SSSR count). The van der Waals surface area contributed by atoms with Gasteiger partial charge in [-0.3, -0.25) is 0 Å². The highest BCUT2D eigenvalue weighted by Crippen LogP contribution is 2.38. The van der Waals surface area contributed by atoms with Gasteiger partial charge in [-0.1, -0.05) is 66.7 Å². The maximum absolute atomic E-state index is 6.55. The van der Waals surface area contributed by atoms with Crippen molar-refractivity contribution in [1.82, 2.24) is 0 Å². The molecule has 1 saturated heterocycles. The van der Waals surface area contributed by atoms with Crippen LogP contribution in [0.2, 0.25) is 0 Å². The van der Waals surface area contributed by atoms with Crippen molar-refractivity contribution in [1.29, 1.82) is 0 Å². The molecule has 3 aliphatic heterocycles. The largest absolute Gasteiger partial charge is 0.494 e. The number of hydrogen-bond donors (Lipinski definition) is 0.